The van der Waals surface area contributed by atoms with Gasteiger partial charge in [0.15, 0.2) is 0 Å². The van der Waals surface area contributed by atoms with Crippen molar-refractivity contribution in [2.24, 2.45) is 5.92 Å². The summed E-state index contributed by atoms with van der Waals surface area (Å²) in [6, 6.07) is 2.11. The summed E-state index contributed by atoms with van der Waals surface area (Å²) in [6.45, 7) is 2.32. The molecule has 1 saturated carbocycles. The normalized spacial score (nSPS) is 32.5. The van der Waals surface area contributed by atoms with E-state index in [4.69, 9.17) is 0 Å². The summed E-state index contributed by atoms with van der Waals surface area (Å²) in [7, 11) is 0. The third kappa shape index (κ3) is 3.02. The van der Waals surface area contributed by atoms with E-state index in [0.29, 0.717) is 5.92 Å². The van der Waals surface area contributed by atoms with Crippen molar-refractivity contribution in [3.63, 3.8) is 0 Å². The molecule has 3 nitrogen and oxygen atoms in total. The van der Waals surface area contributed by atoms with Crippen LogP contribution in [0.2, 0.25) is 0 Å². The number of rotatable bonds is 3. The minimum Gasteiger partial charge on any atom is -0.394 e. The van der Waals surface area contributed by atoms with E-state index < -0.39 is 0 Å². The number of carbonyl (C=O) groups is 1. The fraction of sp³-hybridized carbons (Fsp3) is 0.706. The Morgan fingerprint density at radius 3 is 2.90 bits per heavy atom. The Morgan fingerprint density at radius 2 is 2.19 bits per heavy atom. The molecule has 0 bridgehead atoms. The summed E-state index contributed by atoms with van der Waals surface area (Å²) in [5, 5.41) is 15.1. The highest BCUT2D eigenvalue weighted by molar-refractivity contribution is 7.10. The lowest BCUT2D eigenvalue weighted by atomic mass is 9.77. The van der Waals surface area contributed by atoms with Crippen molar-refractivity contribution in [2.75, 3.05) is 6.61 Å². The highest BCUT2D eigenvalue weighted by Crippen LogP contribution is 2.37. The molecule has 1 heterocycles. The minimum atomic E-state index is -0.378. The number of hydrogen-bond donors (Lipinski definition) is 2. The molecule has 0 spiro atoms. The van der Waals surface area contributed by atoms with E-state index in [1.807, 2.05) is 0 Å². The van der Waals surface area contributed by atoms with E-state index in [-0.39, 0.29) is 24.0 Å². The number of thiophene rings is 1. The molecule has 1 atom stereocenters. The lowest BCUT2D eigenvalue weighted by molar-refractivity contribution is -0.126. The zero-order valence-corrected chi connectivity index (χ0v) is 13.5. The number of nitrogens with one attached hydrogen (secondary N) is 1. The second kappa shape index (κ2) is 6.09. The average Bonchev–Trinajstić information content (AvgIpc) is 2.98. The van der Waals surface area contributed by atoms with E-state index in [0.717, 1.165) is 44.9 Å². The van der Waals surface area contributed by atoms with Crippen molar-refractivity contribution < 1.29 is 9.90 Å². The van der Waals surface area contributed by atoms with Crippen LogP contribution in [0.3, 0.4) is 0 Å². The molecule has 0 aliphatic heterocycles. The Balaban J connectivity index is 1.72. The van der Waals surface area contributed by atoms with Crippen LogP contribution < -0.4 is 5.32 Å². The van der Waals surface area contributed by atoms with Gasteiger partial charge in [-0.05, 0) is 67.9 Å². The highest BCUT2D eigenvalue weighted by Gasteiger charge is 2.37. The number of aryl methyl sites for hydroxylation is 1. The first kappa shape index (κ1) is 15.0. The number of carbonyl (C=O) groups excluding carboxylic acids is 1. The monoisotopic (exact) mass is 307 g/mol. The molecule has 116 valence electrons. The second-order valence-electron chi connectivity index (χ2n) is 6.85. The molecule has 2 aliphatic rings. The van der Waals surface area contributed by atoms with Gasteiger partial charge >= 0.3 is 0 Å². The van der Waals surface area contributed by atoms with Crippen LogP contribution in [0.4, 0.5) is 0 Å². The first-order chi connectivity index (χ1) is 10.1. The summed E-state index contributed by atoms with van der Waals surface area (Å²) in [5.41, 5.74) is 0.845. The number of aliphatic hydroxyl groups is 1. The van der Waals surface area contributed by atoms with Gasteiger partial charge in [0.1, 0.15) is 0 Å². The van der Waals surface area contributed by atoms with E-state index in [2.05, 4.69) is 23.7 Å². The molecule has 21 heavy (non-hydrogen) atoms. The van der Waals surface area contributed by atoms with Gasteiger partial charge in [0, 0.05) is 4.88 Å². The number of aliphatic hydroxyl groups excluding tert-OH is 1. The van der Waals surface area contributed by atoms with E-state index in [1.165, 1.54) is 10.4 Å². The van der Waals surface area contributed by atoms with Gasteiger partial charge in [0.25, 0.3) is 0 Å². The summed E-state index contributed by atoms with van der Waals surface area (Å²) in [5.74, 6) is 0.820. The van der Waals surface area contributed by atoms with Gasteiger partial charge in [-0.3, -0.25) is 4.79 Å². The lowest BCUT2D eigenvalue weighted by Crippen LogP contribution is -2.54. The van der Waals surface area contributed by atoms with Crippen LogP contribution in [0, 0.1) is 5.92 Å². The third-order valence-electron chi connectivity index (χ3n) is 5.29. The molecule has 1 unspecified atom stereocenters. The average molecular weight is 307 g/mol. The van der Waals surface area contributed by atoms with Gasteiger partial charge in [-0.15, -0.1) is 11.3 Å². The molecule has 2 aliphatic carbocycles. The number of amides is 1. The SMILES string of the molecule is CC1CCC(CO)(NC(=O)C2CCCc3sccc32)CC1. The summed E-state index contributed by atoms with van der Waals surface area (Å²) < 4.78 is 0. The first-order valence-electron chi connectivity index (χ1n) is 8.13. The van der Waals surface area contributed by atoms with Crippen LogP contribution >= 0.6 is 11.3 Å². The van der Waals surface area contributed by atoms with Crippen LogP contribution in [-0.4, -0.2) is 23.2 Å². The van der Waals surface area contributed by atoms with Crippen LogP contribution in [0.1, 0.15) is 61.8 Å². The third-order valence-corrected chi connectivity index (χ3v) is 6.29. The fourth-order valence-corrected chi connectivity index (χ4v) is 4.73. The Labute approximate surface area is 130 Å². The molecular weight excluding hydrogens is 282 g/mol. The van der Waals surface area contributed by atoms with Gasteiger partial charge in [0.2, 0.25) is 5.91 Å². The van der Waals surface area contributed by atoms with Crippen LogP contribution in [0.15, 0.2) is 11.4 Å². The smallest absolute Gasteiger partial charge is 0.228 e. The molecule has 1 fully saturated rings. The maximum Gasteiger partial charge on any atom is 0.228 e. The molecule has 1 aromatic heterocycles. The van der Waals surface area contributed by atoms with Gasteiger partial charge in [-0.2, -0.15) is 0 Å². The molecular formula is C17H25NO2S. The van der Waals surface area contributed by atoms with Crippen molar-refractivity contribution in [3.8, 4) is 0 Å². The Hall–Kier alpha value is -0.870. The zero-order chi connectivity index (χ0) is 14.9. The van der Waals surface area contributed by atoms with Crippen LogP contribution in [0.5, 0.6) is 0 Å². The molecule has 0 radical (unpaired) electrons. The molecule has 3 rings (SSSR count). The Kier molecular flexibility index (Phi) is 4.36. The first-order valence-corrected chi connectivity index (χ1v) is 9.01. The standard InChI is InChI=1S/C17H25NO2S/c1-12-5-8-17(11-19,9-6-12)18-16(20)14-3-2-4-15-13(14)7-10-21-15/h7,10,12,14,19H,2-6,8-9,11H2,1H3,(H,18,20). The number of fused-ring (bicyclic) bond motifs is 1. The van der Waals surface area contributed by atoms with E-state index >= 15 is 0 Å². The maximum atomic E-state index is 12.8. The minimum absolute atomic E-state index is 0.0113. The van der Waals surface area contributed by atoms with Crippen LogP contribution in [0.25, 0.3) is 0 Å². The molecule has 4 heteroatoms. The van der Waals surface area contributed by atoms with Crippen molar-refractivity contribution >= 4 is 17.2 Å². The van der Waals surface area contributed by atoms with Crippen LogP contribution in [-0.2, 0) is 11.2 Å². The van der Waals surface area contributed by atoms with Crippen molar-refractivity contribution in [3.05, 3.63) is 21.9 Å². The van der Waals surface area contributed by atoms with Gasteiger partial charge in [-0.25, -0.2) is 0 Å². The Morgan fingerprint density at radius 1 is 1.43 bits per heavy atom. The van der Waals surface area contributed by atoms with Gasteiger partial charge < -0.3 is 10.4 Å². The van der Waals surface area contributed by atoms with Gasteiger partial charge in [0.05, 0.1) is 18.1 Å². The Bertz CT molecular complexity index is 503. The highest BCUT2D eigenvalue weighted by atomic mass is 32.1. The van der Waals surface area contributed by atoms with Crippen molar-refractivity contribution in [1.82, 2.24) is 5.32 Å². The van der Waals surface area contributed by atoms with Crippen molar-refractivity contribution in [1.29, 1.82) is 0 Å². The number of hydrogen-bond acceptors (Lipinski definition) is 3. The molecule has 1 aromatic rings. The van der Waals surface area contributed by atoms with E-state index in [1.54, 1.807) is 11.3 Å². The van der Waals surface area contributed by atoms with Crippen molar-refractivity contribution in [2.45, 2.75) is 63.3 Å². The fourth-order valence-electron chi connectivity index (χ4n) is 3.74. The predicted octanol–water partition coefficient (Wildman–Crippen LogP) is 3.23. The largest absolute Gasteiger partial charge is 0.394 e. The quantitative estimate of drug-likeness (QED) is 0.901. The molecule has 0 aromatic carbocycles. The molecule has 2 N–H and O–H groups in total. The predicted molar refractivity (Wildman–Crippen MR) is 85.6 cm³/mol. The summed E-state index contributed by atoms with van der Waals surface area (Å²) >= 11 is 1.77. The topological polar surface area (TPSA) is 49.3 Å². The molecule has 1 amide bonds. The summed E-state index contributed by atoms with van der Waals surface area (Å²) in [4.78, 5) is 14.1. The lowest BCUT2D eigenvalue weighted by Gasteiger charge is -2.40. The summed E-state index contributed by atoms with van der Waals surface area (Å²) in [6.07, 6.45) is 7.13. The second-order valence-corrected chi connectivity index (χ2v) is 7.85. The molecule has 0 saturated heterocycles. The maximum absolute atomic E-state index is 12.8. The zero-order valence-electron chi connectivity index (χ0n) is 12.7. The van der Waals surface area contributed by atoms with Gasteiger partial charge in [-0.1, -0.05) is 6.92 Å². The van der Waals surface area contributed by atoms with E-state index in [9.17, 15) is 9.90 Å².